The lowest BCUT2D eigenvalue weighted by Crippen LogP contribution is -2.45. The molecule has 0 saturated carbocycles. The summed E-state index contributed by atoms with van der Waals surface area (Å²) in [7, 11) is 0. The van der Waals surface area contributed by atoms with Crippen molar-refractivity contribution < 1.29 is 9.53 Å². The summed E-state index contributed by atoms with van der Waals surface area (Å²) in [5, 5.41) is 0. The van der Waals surface area contributed by atoms with Gasteiger partial charge in [-0.05, 0) is 51.8 Å². The molecule has 1 aliphatic rings. The average molecular weight is 333 g/mol. The summed E-state index contributed by atoms with van der Waals surface area (Å²) >= 11 is 0. The van der Waals surface area contributed by atoms with Gasteiger partial charge < -0.3 is 20.3 Å². The molecule has 1 amide bonds. The van der Waals surface area contributed by atoms with Crippen LogP contribution < -0.4 is 10.6 Å². The summed E-state index contributed by atoms with van der Waals surface area (Å²) in [6, 6.07) is 6.16. The zero-order chi connectivity index (χ0) is 17.7. The fraction of sp³-hybridized carbons (Fsp3) is 0.632. The van der Waals surface area contributed by atoms with Crippen molar-refractivity contribution in [3.8, 4) is 0 Å². The van der Waals surface area contributed by atoms with E-state index < -0.39 is 0 Å². The fourth-order valence-corrected chi connectivity index (χ4v) is 3.26. The Kier molecular flexibility index (Phi) is 6.10. The Hall–Kier alpha value is -1.75. The number of carbonyl (C=O) groups is 1. The van der Waals surface area contributed by atoms with E-state index in [9.17, 15) is 4.79 Å². The maximum Gasteiger partial charge on any atom is 0.223 e. The van der Waals surface area contributed by atoms with Crippen LogP contribution in [0.3, 0.4) is 0 Å². The summed E-state index contributed by atoms with van der Waals surface area (Å²) in [5.41, 5.74) is 9.07. The standard InChI is InChI=1S/C19H31N3O2/c1-5-22(19(2,3)4)18(23)9-7-15-6-8-17(16(20)14-15)21-10-12-24-13-11-21/h6,8,14H,5,7,9-13,20H2,1-4H3. The Morgan fingerprint density at radius 1 is 1.29 bits per heavy atom. The zero-order valence-corrected chi connectivity index (χ0v) is 15.5. The predicted molar refractivity (Wildman–Crippen MR) is 99.3 cm³/mol. The summed E-state index contributed by atoms with van der Waals surface area (Å²) in [6.07, 6.45) is 1.24. The average Bonchev–Trinajstić information content (AvgIpc) is 2.53. The lowest BCUT2D eigenvalue weighted by Gasteiger charge is -2.35. The molecule has 2 rings (SSSR count). The Morgan fingerprint density at radius 2 is 1.96 bits per heavy atom. The van der Waals surface area contributed by atoms with Gasteiger partial charge in [-0.15, -0.1) is 0 Å². The summed E-state index contributed by atoms with van der Waals surface area (Å²) in [4.78, 5) is 16.7. The highest BCUT2D eigenvalue weighted by atomic mass is 16.5. The number of amides is 1. The second kappa shape index (κ2) is 7.88. The van der Waals surface area contributed by atoms with Gasteiger partial charge in [-0.25, -0.2) is 0 Å². The molecule has 0 radical (unpaired) electrons. The molecule has 24 heavy (non-hydrogen) atoms. The third kappa shape index (κ3) is 4.63. The smallest absolute Gasteiger partial charge is 0.223 e. The van der Waals surface area contributed by atoms with Crippen LogP contribution in [0.5, 0.6) is 0 Å². The highest BCUT2D eigenvalue weighted by Gasteiger charge is 2.24. The van der Waals surface area contributed by atoms with E-state index in [1.165, 1.54) is 0 Å². The molecule has 0 unspecified atom stereocenters. The van der Waals surface area contributed by atoms with E-state index >= 15 is 0 Å². The van der Waals surface area contributed by atoms with E-state index in [1.807, 2.05) is 17.9 Å². The molecule has 1 aromatic rings. The van der Waals surface area contributed by atoms with Crippen LogP contribution in [0.25, 0.3) is 0 Å². The maximum absolute atomic E-state index is 12.5. The second-order valence-corrected chi connectivity index (χ2v) is 7.30. The molecule has 0 spiro atoms. The normalized spacial score (nSPS) is 15.4. The van der Waals surface area contributed by atoms with Crippen LogP contribution >= 0.6 is 0 Å². The minimum Gasteiger partial charge on any atom is -0.397 e. The van der Waals surface area contributed by atoms with Crippen LogP contribution in [0.1, 0.15) is 39.7 Å². The Labute approximate surface area is 145 Å². The van der Waals surface area contributed by atoms with Crippen LogP contribution in [0.2, 0.25) is 0 Å². The molecule has 1 saturated heterocycles. The number of benzene rings is 1. The Morgan fingerprint density at radius 3 is 2.50 bits per heavy atom. The van der Waals surface area contributed by atoms with E-state index in [-0.39, 0.29) is 11.4 Å². The summed E-state index contributed by atoms with van der Waals surface area (Å²) in [5.74, 6) is 0.195. The first-order chi connectivity index (χ1) is 11.3. The minimum atomic E-state index is -0.134. The monoisotopic (exact) mass is 333 g/mol. The second-order valence-electron chi connectivity index (χ2n) is 7.30. The van der Waals surface area contributed by atoms with Gasteiger partial charge in [0.2, 0.25) is 5.91 Å². The van der Waals surface area contributed by atoms with Crippen molar-refractivity contribution in [2.24, 2.45) is 0 Å². The van der Waals surface area contributed by atoms with Crippen molar-refractivity contribution >= 4 is 17.3 Å². The van der Waals surface area contributed by atoms with E-state index in [0.717, 1.165) is 56.2 Å². The van der Waals surface area contributed by atoms with Gasteiger partial charge in [0.15, 0.2) is 0 Å². The van der Waals surface area contributed by atoms with Gasteiger partial charge in [0.1, 0.15) is 0 Å². The number of nitrogens with two attached hydrogens (primary N) is 1. The molecule has 2 N–H and O–H groups in total. The van der Waals surface area contributed by atoms with E-state index in [4.69, 9.17) is 10.5 Å². The summed E-state index contributed by atoms with van der Waals surface area (Å²) in [6.45, 7) is 12.2. The number of anilines is 2. The van der Waals surface area contributed by atoms with E-state index in [0.29, 0.717) is 6.42 Å². The Bertz CT molecular complexity index is 560. The molecule has 0 aliphatic carbocycles. The number of aryl methyl sites for hydroxylation is 1. The van der Waals surface area contributed by atoms with Crippen molar-refractivity contribution in [2.75, 3.05) is 43.5 Å². The number of rotatable bonds is 5. The number of hydrogen-bond donors (Lipinski definition) is 1. The molecule has 1 fully saturated rings. The van der Waals surface area contributed by atoms with Gasteiger partial charge in [-0.3, -0.25) is 4.79 Å². The molecule has 5 heteroatoms. The zero-order valence-electron chi connectivity index (χ0n) is 15.5. The maximum atomic E-state index is 12.5. The largest absolute Gasteiger partial charge is 0.397 e. The van der Waals surface area contributed by atoms with Gasteiger partial charge >= 0.3 is 0 Å². The number of nitrogen functional groups attached to an aromatic ring is 1. The van der Waals surface area contributed by atoms with Crippen LogP contribution in [-0.4, -0.2) is 49.2 Å². The molecule has 0 bridgehead atoms. The fourth-order valence-electron chi connectivity index (χ4n) is 3.26. The number of morpholine rings is 1. The SMILES string of the molecule is CCN(C(=O)CCc1ccc(N2CCOCC2)c(N)c1)C(C)(C)C. The lowest BCUT2D eigenvalue weighted by atomic mass is 10.0. The first-order valence-electron chi connectivity index (χ1n) is 8.84. The van der Waals surface area contributed by atoms with Gasteiger partial charge in [-0.1, -0.05) is 6.07 Å². The topological polar surface area (TPSA) is 58.8 Å². The number of ether oxygens (including phenoxy) is 1. The number of hydrogen-bond acceptors (Lipinski definition) is 4. The quantitative estimate of drug-likeness (QED) is 0.842. The first-order valence-corrected chi connectivity index (χ1v) is 8.84. The number of nitrogens with zero attached hydrogens (tertiary/aromatic N) is 2. The molecule has 1 aliphatic heterocycles. The van der Waals surface area contributed by atoms with Crippen LogP contribution in [-0.2, 0) is 16.0 Å². The van der Waals surface area contributed by atoms with Crippen LogP contribution in [0.15, 0.2) is 18.2 Å². The molecular weight excluding hydrogens is 302 g/mol. The third-order valence-corrected chi connectivity index (χ3v) is 4.50. The number of carbonyl (C=O) groups excluding carboxylic acids is 1. The van der Waals surface area contributed by atoms with E-state index in [1.54, 1.807) is 0 Å². The van der Waals surface area contributed by atoms with Crippen molar-refractivity contribution in [3.05, 3.63) is 23.8 Å². The molecule has 1 aromatic carbocycles. The Balaban J connectivity index is 1.98. The first kappa shape index (κ1) is 18.6. The molecular formula is C19H31N3O2. The van der Waals surface area contributed by atoms with Crippen molar-refractivity contribution in [2.45, 2.75) is 46.1 Å². The molecule has 5 nitrogen and oxygen atoms in total. The van der Waals surface area contributed by atoms with Crippen LogP contribution in [0, 0.1) is 0 Å². The predicted octanol–water partition coefficient (Wildman–Crippen LogP) is 2.69. The minimum absolute atomic E-state index is 0.134. The van der Waals surface area contributed by atoms with E-state index in [2.05, 4.69) is 37.8 Å². The molecule has 1 heterocycles. The lowest BCUT2D eigenvalue weighted by molar-refractivity contribution is -0.135. The van der Waals surface area contributed by atoms with Crippen molar-refractivity contribution in [1.29, 1.82) is 0 Å². The highest BCUT2D eigenvalue weighted by molar-refractivity contribution is 5.77. The van der Waals surface area contributed by atoms with Gasteiger partial charge in [0, 0.05) is 31.6 Å². The van der Waals surface area contributed by atoms with Gasteiger partial charge in [0.25, 0.3) is 0 Å². The van der Waals surface area contributed by atoms with Crippen molar-refractivity contribution in [1.82, 2.24) is 4.90 Å². The van der Waals surface area contributed by atoms with Crippen molar-refractivity contribution in [3.63, 3.8) is 0 Å². The molecule has 0 aromatic heterocycles. The van der Waals surface area contributed by atoms with Gasteiger partial charge in [0.05, 0.1) is 24.6 Å². The van der Waals surface area contributed by atoms with Gasteiger partial charge in [-0.2, -0.15) is 0 Å². The highest BCUT2D eigenvalue weighted by Crippen LogP contribution is 2.26. The molecule has 134 valence electrons. The third-order valence-electron chi connectivity index (χ3n) is 4.50. The summed E-state index contributed by atoms with van der Waals surface area (Å²) < 4.78 is 5.39. The molecule has 0 atom stereocenters. The van der Waals surface area contributed by atoms with Crippen LogP contribution in [0.4, 0.5) is 11.4 Å².